The molecule has 1 aliphatic rings. The van der Waals surface area contributed by atoms with Crippen molar-refractivity contribution in [3.63, 3.8) is 0 Å². The Morgan fingerprint density at radius 3 is 2.56 bits per heavy atom. The maximum absolute atomic E-state index is 11.3. The third-order valence-electron chi connectivity index (χ3n) is 3.34. The number of nitrogens with two attached hydrogens (primary N) is 1. The molecule has 0 aromatic heterocycles. The minimum absolute atomic E-state index is 0.0447. The van der Waals surface area contributed by atoms with E-state index in [2.05, 4.69) is 24.5 Å². The van der Waals surface area contributed by atoms with Crippen LogP contribution in [0.2, 0.25) is 0 Å². The van der Waals surface area contributed by atoms with E-state index in [-0.39, 0.29) is 17.3 Å². The van der Waals surface area contributed by atoms with Crippen molar-refractivity contribution in [3.8, 4) is 0 Å². The zero-order chi connectivity index (χ0) is 12.0. The van der Waals surface area contributed by atoms with Gasteiger partial charge in [-0.3, -0.25) is 4.79 Å². The van der Waals surface area contributed by atoms with Gasteiger partial charge in [-0.2, -0.15) is 0 Å². The summed E-state index contributed by atoms with van der Waals surface area (Å²) >= 11 is 4.68. The lowest BCUT2D eigenvalue weighted by Crippen LogP contribution is -2.29. The summed E-state index contributed by atoms with van der Waals surface area (Å²) in [6.07, 6.45) is 6.57. The molecule has 1 fully saturated rings. The molecule has 0 atom stereocenters. The first kappa shape index (κ1) is 13.4. The van der Waals surface area contributed by atoms with Crippen LogP contribution in [0.3, 0.4) is 0 Å². The van der Waals surface area contributed by atoms with Crippen LogP contribution in [0.25, 0.3) is 0 Å². The number of hydrogen-bond acceptors (Lipinski definition) is 2. The molecule has 1 saturated carbocycles. The molecule has 92 valence electrons. The molecular weight excluding hydrogens is 220 g/mol. The van der Waals surface area contributed by atoms with Crippen LogP contribution < -0.4 is 11.1 Å². The summed E-state index contributed by atoms with van der Waals surface area (Å²) in [6, 6.07) is 0. The lowest BCUT2D eigenvalue weighted by atomic mass is 9.81. The zero-order valence-electron chi connectivity index (χ0n) is 10.00. The highest BCUT2D eigenvalue weighted by Crippen LogP contribution is 2.29. The fourth-order valence-electron chi connectivity index (χ4n) is 2.25. The van der Waals surface area contributed by atoms with Crippen molar-refractivity contribution in [2.24, 2.45) is 17.6 Å². The van der Waals surface area contributed by atoms with Crippen LogP contribution in [0.5, 0.6) is 0 Å². The van der Waals surface area contributed by atoms with Crippen LogP contribution in [0.4, 0.5) is 0 Å². The smallest absolute Gasteiger partial charge is 0.226 e. The average molecular weight is 242 g/mol. The standard InChI is InChI=1S/C12H22N2OS/c1-9-2-4-10(5-3-9)6-7-14-12(15)8-11(13)16/h9-10H,2-8H2,1H3,(H2,13,16)(H,14,15). The predicted octanol–water partition coefficient (Wildman–Crippen LogP) is 2.00. The maximum atomic E-state index is 11.3. The van der Waals surface area contributed by atoms with Crippen LogP contribution in [0, 0.1) is 11.8 Å². The van der Waals surface area contributed by atoms with Gasteiger partial charge in [-0.05, 0) is 18.3 Å². The van der Waals surface area contributed by atoms with Gasteiger partial charge in [-0.25, -0.2) is 0 Å². The molecule has 16 heavy (non-hydrogen) atoms. The van der Waals surface area contributed by atoms with Gasteiger partial charge < -0.3 is 11.1 Å². The van der Waals surface area contributed by atoms with Gasteiger partial charge in [-0.15, -0.1) is 0 Å². The number of amides is 1. The average Bonchev–Trinajstić information content (AvgIpc) is 2.20. The summed E-state index contributed by atoms with van der Waals surface area (Å²) in [7, 11) is 0. The number of thiocarbonyl (C=S) groups is 1. The quantitative estimate of drug-likeness (QED) is 0.725. The predicted molar refractivity (Wildman–Crippen MR) is 70.2 cm³/mol. The third kappa shape index (κ3) is 5.45. The third-order valence-corrected chi connectivity index (χ3v) is 3.49. The van der Waals surface area contributed by atoms with E-state index in [0.29, 0.717) is 0 Å². The summed E-state index contributed by atoms with van der Waals surface area (Å²) in [5.41, 5.74) is 5.29. The van der Waals surface area contributed by atoms with Crippen LogP contribution in [0.15, 0.2) is 0 Å². The Kier molecular flexibility index (Phi) is 5.74. The van der Waals surface area contributed by atoms with Crippen LogP contribution >= 0.6 is 12.2 Å². The number of carbonyl (C=O) groups is 1. The lowest BCUT2D eigenvalue weighted by molar-refractivity contribution is -0.119. The van der Waals surface area contributed by atoms with E-state index in [1.54, 1.807) is 0 Å². The second-order valence-electron chi connectivity index (χ2n) is 4.91. The zero-order valence-corrected chi connectivity index (χ0v) is 10.8. The van der Waals surface area contributed by atoms with E-state index in [4.69, 9.17) is 5.73 Å². The molecule has 3 N–H and O–H groups in total. The van der Waals surface area contributed by atoms with Gasteiger partial charge in [0, 0.05) is 6.54 Å². The minimum atomic E-state index is -0.0447. The van der Waals surface area contributed by atoms with Crippen molar-refractivity contribution in [1.29, 1.82) is 0 Å². The molecule has 0 bridgehead atoms. The van der Waals surface area contributed by atoms with Gasteiger partial charge in [0.15, 0.2) is 0 Å². The molecule has 0 radical (unpaired) electrons. The molecule has 0 unspecified atom stereocenters. The fraction of sp³-hybridized carbons (Fsp3) is 0.833. The second-order valence-corrected chi connectivity index (χ2v) is 5.43. The Bertz CT molecular complexity index is 247. The molecule has 0 saturated heterocycles. The highest BCUT2D eigenvalue weighted by Gasteiger charge is 2.17. The molecule has 0 heterocycles. The van der Waals surface area contributed by atoms with Gasteiger partial charge in [0.2, 0.25) is 5.91 Å². The summed E-state index contributed by atoms with van der Waals surface area (Å²) in [5, 5.41) is 2.87. The molecule has 1 rings (SSSR count). The molecule has 1 amide bonds. The minimum Gasteiger partial charge on any atom is -0.393 e. The number of hydrogen-bond donors (Lipinski definition) is 2. The van der Waals surface area contributed by atoms with E-state index in [9.17, 15) is 4.79 Å². The molecule has 0 spiro atoms. The number of rotatable bonds is 5. The highest BCUT2D eigenvalue weighted by molar-refractivity contribution is 7.80. The topological polar surface area (TPSA) is 55.1 Å². The highest BCUT2D eigenvalue weighted by atomic mass is 32.1. The van der Waals surface area contributed by atoms with Crippen molar-refractivity contribution in [2.75, 3.05) is 6.54 Å². The first-order chi connectivity index (χ1) is 7.58. The lowest BCUT2D eigenvalue weighted by Gasteiger charge is -2.26. The summed E-state index contributed by atoms with van der Waals surface area (Å²) in [5.74, 6) is 1.64. The summed E-state index contributed by atoms with van der Waals surface area (Å²) < 4.78 is 0. The van der Waals surface area contributed by atoms with Crippen LogP contribution in [-0.4, -0.2) is 17.4 Å². The van der Waals surface area contributed by atoms with E-state index in [0.717, 1.165) is 24.8 Å². The molecule has 0 aromatic rings. The Hall–Kier alpha value is -0.640. The molecular formula is C12H22N2OS. The summed E-state index contributed by atoms with van der Waals surface area (Å²) in [6.45, 7) is 3.08. The molecule has 0 aliphatic heterocycles. The Morgan fingerprint density at radius 1 is 1.38 bits per heavy atom. The van der Waals surface area contributed by atoms with Crippen LogP contribution in [-0.2, 0) is 4.79 Å². The second kappa shape index (κ2) is 6.84. The number of carbonyl (C=O) groups excluding carboxylic acids is 1. The molecule has 1 aliphatic carbocycles. The first-order valence-electron chi connectivity index (χ1n) is 6.13. The van der Waals surface area contributed by atoms with E-state index < -0.39 is 0 Å². The molecule has 0 aromatic carbocycles. The van der Waals surface area contributed by atoms with Gasteiger partial charge in [0.1, 0.15) is 0 Å². The summed E-state index contributed by atoms with van der Waals surface area (Å²) in [4.78, 5) is 11.5. The van der Waals surface area contributed by atoms with Crippen molar-refractivity contribution in [1.82, 2.24) is 5.32 Å². The normalized spacial score (nSPS) is 25.1. The van der Waals surface area contributed by atoms with Crippen molar-refractivity contribution >= 4 is 23.1 Å². The Morgan fingerprint density at radius 2 is 2.00 bits per heavy atom. The van der Waals surface area contributed by atoms with Crippen molar-refractivity contribution in [3.05, 3.63) is 0 Å². The van der Waals surface area contributed by atoms with Gasteiger partial charge >= 0.3 is 0 Å². The SMILES string of the molecule is CC1CCC(CCNC(=O)CC(N)=S)CC1. The van der Waals surface area contributed by atoms with Gasteiger partial charge in [0.25, 0.3) is 0 Å². The van der Waals surface area contributed by atoms with E-state index in [1.807, 2.05) is 0 Å². The van der Waals surface area contributed by atoms with Crippen molar-refractivity contribution < 1.29 is 4.79 Å². The van der Waals surface area contributed by atoms with Gasteiger partial charge in [-0.1, -0.05) is 44.8 Å². The van der Waals surface area contributed by atoms with Crippen LogP contribution in [0.1, 0.15) is 45.4 Å². The maximum Gasteiger partial charge on any atom is 0.226 e. The van der Waals surface area contributed by atoms with E-state index >= 15 is 0 Å². The van der Waals surface area contributed by atoms with E-state index in [1.165, 1.54) is 25.7 Å². The first-order valence-corrected chi connectivity index (χ1v) is 6.53. The fourth-order valence-corrected chi connectivity index (χ4v) is 2.39. The van der Waals surface area contributed by atoms with Gasteiger partial charge in [0.05, 0.1) is 11.4 Å². The number of nitrogens with one attached hydrogen (secondary N) is 1. The Balaban J connectivity index is 2.07. The van der Waals surface area contributed by atoms with Crippen molar-refractivity contribution in [2.45, 2.75) is 45.4 Å². The monoisotopic (exact) mass is 242 g/mol. The molecule has 3 nitrogen and oxygen atoms in total. The largest absolute Gasteiger partial charge is 0.393 e. The Labute approximate surface area is 103 Å². The molecule has 4 heteroatoms.